The summed E-state index contributed by atoms with van der Waals surface area (Å²) in [6.45, 7) is 0. The molecule has 0 saturated heterocycles. The van der Waals surface area contributed by atoms with Crippen LogP contribution in [0.1, 0.15) is 50.9 Å². The Morgan fingerprint density at radius 3 is 2.64 bits per heavy atom. The smallest absolute Gasteiger partial charge is 0.251 e. The van der Waals surface area contributed by atoms with Crippen molar-refractivity contribution in [2.45, 2.75) is 25.3 Å². The first-order valence-corrected chi connectivity index (χ1v) is 7.28. The molecule has 1 unspecified atom stereocenters. The standard InChI is InChI=1S/C16H18N4O2/c1-20-9-12-13(3-2-4-14(12)19-20)18-16(22)11-7-5-10(6-8-11)15(17)21/h5-9,13H,2-4H2,1H3,(H2,17,21)(H,18,22). The molecular weight excluding hydrogens is 280 g/mol. The van der Waals surface area contributed by atoms with Gasteiger partial charge in [0.2, 0.25) is 5.91 Å². The molecule has 1 aliphatic rings. The number of aryl methyl sites for hydroxylation is 2. The number of fused-ring (bicyclic) bond motifs is 1. The molecule has 3 N–H and O–H groups in total. The largest absolute Gasteiger partial charge is 0.366 e. The highest BCUT2D eigenvalue weighted by Crippen LogP contribution is 2.28. The van der Waals surface area contributed by atoms with Gasteiger partial charge in [-0.15, -0.1) is 0 Å². The Morgan fingerprint density at radius 1 is 1.27 bits per heavy atom. The number of nitrogens with zero attached hydrogens (tertiary/aromatic N) is 2. The molecule has 0 radical (unpaired) electrons. The van der Waals surface area contributed by atoms with Crippen LogP contribution in [0.4, 0.5) is 0 Å². The predicted molar refractivity (Wildman–Crippen MR) is 81.3 cm³/mol. The van der Waals surface area contributed by atoms with Crippen molar-refractivity contribution < 1.29 is 9.59 Å². The van der Waals surface area contributed by atoms with Gasteiger partial charge in [-0.3, -0.25) is 14.3 Å². The zero-order valence-electron chi connectivity index (χ0n) is 12.4. The van der Waals surface area contributed by atoms with Crippen molar-refractivity contribution in [3.63, 3.8) is 0 Å². The molecule has 1 aromatic carbocycles. The Balaban J connectivity index is 1.76. The SMILES string of the molecule is Cn1cc2c(n1)CCCC2NC(=O)c1ccc(C(N)=O)cc1. The Bertz CT molecular complexity index is 718. The molecule has 1 aromatic heterocycles. The van der Waals surface area contributed by atoms with E-state index >= 15 is 0 Å². The Kier molecular flexibility index (Phi) is 3.66. The van der Waals surface area contributed by atoms with Crippen molar-refractivity contribution in [1.82, 2.24) is 15.1 Å². The van der Waals surface area contributed by atoms with Gasteiger partial charge in [0.1, 0.15) is 0 Å². The second-order valence-corrected chi connectivity index (χ2v) is 5.56. The Labute approximate surface area is 128 Å². The first-order valence-electron chi connectivity index (χ1n) is 7.28. The van der Waals surface area contributed by atoms with E-state index in [4.69, 9.17) is 5.73 Å². The molecule has 2 amide bonds. The van der Waals surface area contributed by atoms with Crippen molar-refractivity contribution in [2.24, 2.45) is 12.8 Å². The van der Waals surface area contributed by atoms with Gasteiger partial charge in [0, 0.05) is 29.9 Å². The molecule has 0 fully saturated rings. The van der Waals surface area contributed by atoms with Gasteiger partial charge in [-0.05, 0) is 43.5 Å². The summed E-state index contributed by atoms with van der Waals surface area (Å²) in [4.78, 5) is 23.4. The number of rotatable bonds is 3. The number of hydrogen-bond acceptors (Lipinski definition) is 3. The van der Waals surface area contributed by atoms with Gasteiger partial charge in [-0.25, -0.2) is 0 Å². The van der Waals surface area contributed by atoms with E-state index < -0.39 is 5.91 Å². The number of amides is 2. The van der Waals surface area contributed by atoms with Crippen LogP contribution in [-0.4, -0.2) is 21.6 Å². The Morgan fingerprint density at radius 2 is 1.95 bits per heavy atom. The van der Waals surface area contributed by atoms with Crippen LogP contribution < -0.4 is 11.1 Å². The maximum Gasteiger partial charge on any atom is 0.251 e. The average molecular weight is 298 g/mol. The molecule has 6 heteroatoms. The third-order valence-corrected chi connectivity index (χ3v) is 3.96. The van der Waals surface area contributed by atoms with Crippen LogP contribution in [0.15, 0.2) is 30.5 Å². The lowest BCUT2D eigenvalue weighted by atomic mass is 9.93. The van der Waals surface area contributed by atoms with Gasteiger partial charge in [-0.1, -0.05) is 0 Å². The lowest BCUT2D eigenvalue weighted by Crippen LogP contribution is -2.30. The highest BCUT2D eigenvalue weighted by molar-refractivity contribution is 5.97. The van der Waals surface area contributed by atoms with Crippen LogP contribution in [0.3, 0.4) is 0 Å². The molecule has 0 aliphatic heterocycles. The number of hydrogen-bond donors (Lipinski definition) is 2. The first kappa shape index (κ1) is 14.3. The van der Waals surface area contributed by atoms with E-state index in [9.17, 15) is 9.59 Å². The summed E-state index contributed by atoms with van der Waals surface area (Å²) >= 11 is 0. The number of nitrogens with two attached hydrogens (primary N) is 1. The number of carbonyl (C=O) groups is 2. The number of primary amides is 1. The van der Waals surface area contributed by atoms with Crippen LogP contribution in [0.25, 0.3) is 0 Å². The van der Waals surface area contributed by atoms with E-state index in [2.05, 4.69) is 10.4 Å². The van der Waals surface area contributed by atoms with Crippen molar-refractivity contribution in [1.29, 1.82) is 0 Å². The van der Waals surface area contributed by atoms with Crippen LogP contribution in [0.5, 0.6) is 0 Å². The number of nitrogens with one attached hydrogen (secondary N) is 1. The monoisotopic (exact) mass is 298 g/mol. The van der Waals surface area contributed by atoms with Crippen molar-refractivity contribution in [2.75, 3.05) is 0 Å². The second-order valence-electron chi connectivity index (χ2n) is 5.56. The van der Waals surface area contributed by atoms with Gasteiger partial charge in [-0.2, -0.15) is 5.10 Å². The molecule has 1 atom stereocenters. The van der Waals surface area contributed by atoms with E-state index in [0.29, 0.717) is 11.1 Å². The second kappa shape index (κ2) is 5.63. The molecule has 2 aromatic rings. The average Bonchev–Trinajstić information content (AvgIpc) is 2.88. The minimum atomic E-state index is -0.501. The van der Waals surface area contributed by atoms with Crippen molar-refractivity contribution in [3.8, 4) is 0 Å². The van der Waals surface area contributed by atoms with E-state index in [0.717, 1.165) is 30.5 Å². The Hall–Kier alpha value is -2.63. The molecule has 0 spiro atoms. The molecule has 6 nitrogen and oxygen atoms in total. The summed E-state index contributed by atoms with van der Waals surface area (Å²) in [5.74, 6) is -0.656. The summed E-state index contributed by atoms with van der Waals surface area (Å²) in [6.07, 6.45) is 4.84. The van der Waals surface area contributed by atoms with E-state index in [-0.39, 0.29) is 11.9 Å². The third kappa shape index (κ3) is 2.72. The van der Waals surface area contributed by atoms with Gasteiger partial charge in [0.15, 0.2) is 0 Å². The molecule has 22 heavy (non-hydrogen) atoms. The normalized spacial score (nSPS) is 16.9. The number of benzene rings is 1. The lowest BCUT2D eigenvalue weighted by Gasteiger charge is -2.22. The topological polar surface area (TPSA) is 90.0 Å². The highest BCUT2D eigenvalue weighted by Gasteiger charge is 2.24. The number of aromatic nitrogens is 2. The molecule has 114 valence electrons. The van der Waals surface area contributed by atoms with Crippen LogP contribution in [0.2, 0.25) is 0 Å². The zero-order valence-corrected chi connectivity index (χ0v) is 12.4. The highest BCUT2D eigenvalue weighted by atomic mass is 16.2. The lowest BCUT2D eigenvalue weighted by molar-refractivity contribution is 0.0930. The minimum absolute atomic E-state index is 0.0132. The van der Waals surface area contributed by atoms with E-state index in [1.54, 1.807) is 28.9 Å². The van der Waals surface area contributed by atoms with E-state index in [1.807, 2.05) is 13.2 Å². The van der Waals surface area contributed by atoms with Crippen LogP contribution in [-0.2, 0) is 13.5 Å². The van der Waals surface area contributed by atoms with Gasteiger partial charge >= 0.3 is 0 Å². The summed E-state index contributed by atoms with van der Waals surface area (Å²) in [5.41, 5.74) is 8.26. The molecule has 1 heterocycles. The quantitative estimate of drug-likeness (QED) is 0.895. The fourth-order valence-electron chi connectivity index (χ4n) is 2.84. The van der Waals surface area contributed by atoms with Crippen LogP contribution >= 0.6 is 0 Å². The van der Waals surface area contributed by atoms with Gasteiger partial charge < -0.3 is 11.1 Å². The first-order chi connectivity index (χ1) is 10.5. The fourth-order valence-corrected chi connectivity index (χ4v) is 2.84. The molecule has 0 saturated carbocycles. The molecule has 1 aliphatic carbocycles. The fraction of sp³-hybridized carbons (Fsp3) is 0.312. The molecule has 0 bridgehead atoms. The number of carbonyl (C=O) groups excluding carboxylic acids is 2. The molecular formula is C16H18N4O2. The van der Waals surface area contributed by atoms with Gasteiger partial charge in [0.25, 0.3) is 5.91 Å². The maximum absolute atomic E-state index is 12.4. The third-order valence-electron chi connectivity index (χ3n) is 3.96. The van der Waals surface area contributed by atoms with Crippen LogP contribution in [0, 0.1) is 0 Å². The minimum Gasteiger partial charge on any atom is -0.366 e. The molecule has 3 rings (SSSR count). The summed E-state index contributed by atoms with van der Waals surface area (Å²) in [6, 6.07) is 6.34. The zero-order chi connectivity index (χ0) is 15.7. The summed E-state index contributed by atoms with van der Waals surface area (Å²) < 4.78 is 1.79. The van der Waals surface area contributed by atoms with Crippen molar-refractivity contribution >= 4 is 11.8 Å². The predicted octanol–water partition coefficient (Wildman–Crippen LogP) is 1.33. The maximum atomic E-state index is 12.4. The summed E-state index contributed by atoms with van der Waals surface area (Å²) in [5, 5.41) is 7.47. The summed E-state index contributed by atoms with van der Waals surface area (Å²) in [7, 11) is 1.89. The van der Waals surface area contributed by atoms with Crippen molar-refractivity contribution in [3.05, 3.63) is 52.8 Å². The van der Waals surface area contributed by atoms with E-state index in [1.165, 1.54) is 0 Å². The van der Waals surface area contributed by atoms with Gasteiger partial charge in [0.05, 0.1) is 11.7 Å².